The number of carbonyl (C=O) groups is 2. The molecule has 0 spiro atoms. The summed E-state index contributed by atoms with van der Waals surface area (Å²) in [5.41, 5.74) is 0.580. The van der Waals surface area contributed by atoms with Crippen LogP contribution in [0.1, 0.15) is 19.4 Å². The summed E-state index contributed by atoms with van der Waals surface area (Å²) in [6, 6.07) is 1.28. The highest BCUT2D eigenvalue weighted by molar-refractivity contribution is 9.11. The minimum atomic E-state index is -1.29. The van der Waals surface area contributed by atoms with E-state index in [1.54, 1.807) is 6.92 Å². The van der Waals surface area contributed by atoms with Gasteiger partial charge in [0.05, 0.1) is 5.69 Å². The summed E-state index contributed by atoms with van der Waals surface area (Å²) in [5, 5.41) is 2.78. The Morgan fingerprint density at radius 3 is 2.32 bits per heavy atom. The molecule has 1 aliphatic heterocycles. The minimum Gasteiger partial charge on any atom is -0.419 e. The van der Waals surface area contributed by atoms with Crippen LogP contribution in [0, 0.1) is 12.7 Å². The van der Waals surface area contributed by atoms with Crippen LogP contribution in [0.2, 0.25) is 0 Å². The maximum atomic E-state index is 13.6. The van der Waals surface area contributed by atoms with Gasteiger partial charge in [-0.15, -0.1) is 0 Å². The van der Waals surface area contributed by atoms with Gasteiger partial charge in [-0.25, -0.2) is 14.0 Å². The monoisotopic (exact) mass is 435 g/mol. The number of hydrogen-bond donors (Lipinski definition) is 1. The van der Waals surface area contributed by atoms with Gasteiger partial charge in [-0.05, 0) is 44.8 Å². The zero-order valence-corrected chi connectivity index (χ0v) is 15.1. The van der Waals surface area contributed by atoms with Crippen molar-refractivity contribution in [3.63, 3.8) is 0 Å². The lowest BCUT2D eigenvalue weighted by molar-refractivity contribution is -0.222. The lowest BCUT2D eigenvalue weighted by atomic mass is 10.2. The highest BCUT2D eigenvalue weighted by Gasteiger charge is 2.39. The maximum Gasteiger partial charge on any atom is 0.350 e. The Hall–Kier alpha value is -1.41. The molecular formula is C14H12Br2FNO4. The second kappa shape index (κ2) is 6.00. The molecule has 0 saturated carbocycles. The summed E-state index contributed by atoms with van der Waals surface area (Å²) >= 11 is 6.47. The van der Waals surface area contributed by atoms with Crippen LogP contribution in [-0.2, 0) is 19.1 Å². The van der Waals surface area contributed by atoms with Gasteiger partial charge < -0.3 is 14.8 Å². The van der Waals surface area contributed by atoms with Crippen molar-refractivity contribution >= 4 is 49.5 Å². The summed E-state index contributed by atoms with van der Waals surface area (Å²) in [6.07, 6.45) is 1.17. The number of carbonyl (C=O) groups excluding carboxylic acids is 2. The fourth-order valence-electron chi connectivity index (χ4n) is 1.74. The SMILES string of the molecule is Cc1c(F)cc(Br)c(NC=C2C(=O)OC(C)(C)OC2=O)c1Br. The molecule has 0 amide bonds. The summed E-state index contributed by atoms with van der Waals surface area (Å²) in [5.74, 6) is -3.27. The Kier molecular flexibility index (Phi) is 4.62. The second-order valence-electron chi connectivity index (χ2n) is 5.04. The van der Waals surface area contributed by atoms with Crippen molar-refractivity contribution in [3.05, 3.63) is 38.2 Å². The highest BCUT2D eigenvalue weighted by atomic mass is 79.9. The van der Waals surface area contributed by atoms with Crippen molar-refractivity contribution in [2.24, 2.45) is 0 Å². The Labute approximate surface area is 143 Å². The van der Waals surface area contributed by atoms with Gasteiger partial charge in [0.1, 0.15) is 5.82 Å². The summed E-state index contributed by atoms with van der Waals surface area (Å²) in [7, 11) is 0. The van der Waals surface area contributed by atoms with E-state index in [9.17, 15) is 14.0 Å². The van der Waals surface area contributed by atoms with E-state index in [1.165, 1.54) is 26.1 Å². The van der Waals surface area contributed by atoms with Gasteiger partial charge in [0, 0.05) is 34.6 Å². The molecule has 0 atom stereocenters. The molecule has 0 aliphatic carbocycles. The van der Waals surface area contributed by atoms with E-state index in [1.807, 2.05) is 0 Å². The first-order valence-electron chi connectivity index (χ1n) is 6.20. The normalized spacial score (nSPS) is 16.9. The quantitative estimate of drug-likeness (QED) is 0.434. The smallest absolute Gasteiger partial charge is 0.350 e. The molecule has 2 rings (SSSR count). The summed E-state index contributed by atoms with van der Waals surface area (Å²) < 4.78 is 24.4. The first-order chi connectivity index (χ1) is 10.1. The van der Waals surface area contributed by atoms with E-state index in [4.69, 9.17) is 9.47 Å². The molecular weight excluding hydrogens is 425 g/mol. The van der Waals surface area contributed by atoms with Gasteiger partial charge in [-0.3, -0.25) is 0 Å². The molecule has 1 aliphatic rings. The molecule has 1 heterocycles. The van der Waals surface area contributed by atoms with Crippen LogP contribution >= 0.6 is 31.9 Å². The van der Waals surface area contributed by atoms with Gasteiger partial charge >= 0.3 is 11.9 Å². The number of ether oxygens (including phenoxy) is 2. The highest BCUT2D eigenvalue weighted by Crippen LogP contribution is 2.35. The first kappa shape index (κ1) is 17.0. The Balaban J connectivity index is 2.32. The van der Waals surface area contributed by atoms with Crippen molar-refractivity contribution in [1.82, 2.24) is 0 Å². The average Bonchev–Trinajstić information content (AvgIpc) is 2.37. The number of hydrogen-bond acceptors (Lipinski definition) is 5. The molecule has 8 heteroatoms. The van der Waals surface area contributed by atoms with E-state index in [2.05, 4.69) is 37.2 Å². The molecule has 5 nitrogen and oxygen atoms in total. The van der Waals surface area contributed by atoms with Crippen LogP contribution in [0.4, 0.5) is 10.1 Å². The van der Waals surface area contributed by atoms with Crippen molar-refractivity contribution < 1.29 is 23.5 Å². The fraction of sp³-hybridized carbons (Fsp3) is 0.286. The predicted molar refractivity (Wildman–Crippen MR) is 84.5 cm³/mol. The second-order valence-corrected chi connectivity index (χ2v) is 6.68. The van der Waals surface area contributed by atoms with E-state index in [-0.39, 0.29) is 5.57 Å². The summed E-state index contributed by atoms with van der Waals surface area (Å²) in [6.45, 7) is 4.52. The van der Waals surface area contributed by atoms with Gasteiger partial charge in [-0.1, -0.05) is 0 Å². The number of benzene rings is 1. The zero-order valence-electron chi connectivity index (χ0n) is 11.9. The Bertz CT molecular complexity index is 679. The molecule has 0 radical (unpaired) electrons. The molecule has 1 aromatic carbocycles. The average molecular weight is 437 g/mol. The Morgan fingerprint density at radius 2 is 1.77 bits per heavy atom. The maximum absolute atomic E-state index is 13.6. The predicted octanol–water partition coefficient (Wildman–Crippen LogP) is 3.79. The van der Waals surface area contributed by atoms with E-state index < -0.39 is 23.5 Å². The molecule has 0 unspecified atom stereocenters. The number of halogens is 3. The van der Waals surface area contributed by atoms with Crippen molar-refractivity contribution in [2.45, 2.75) is 26.6 Å². The Morgan fingerprint density at radius 1 is 1.23 bits per heavy atom. The van der Waals surface area contributed by atoms with E-state index >= 15 is 0 Å². The molecule has 118 valence electrons. The van der Waals surface area contributed by atoms with Crippen molar-refractivity contribution in [1.29, 1.82) is 0 Å². The third-order valence-corrected chi connectivity index (χ3v) is 4.49. The third-order valence-electron chi connectivity index (χ3n) is 2.88. The molecule has 0 bridgehead atoms. The number of rotatable bonds is 2. The molecule has 22 heavy (non-hydrogen) atoms. The summed E-state index contributed by atoms with van der Waals surface area (Å²) in [4.78, 5) is 23.6. The standard InChI is InChI=1S/C14H12Br2FNO4/c1-6-9(17)4-8(15)11(10(6)16)18-5-7-12(19)21-14(2,3)22-13(7)20/h4-5,18H,1-3H3. The van der Waals surface area contributed by atoms with Crippen LogP contribution in [0.15, 0.2) is 26.8 Å². The zero-order chi connectivity index (χ0) is 16.7. The third kappa shape index (κ3) is 3.33. The molecule has 1 aromatic rings. The van der Waals surface area contributed by atoms with E-state index in [0.717, 1.165) is 0 Å². The van der Waals surface area contributed by atoms with Crippen LogP contribution in [0.5, 0.6) is 0 Å². The minimum absolute atomic E-state index is 0.278. The van der Waals surface area contributed by atoms with Gasteiger partial charge in [0.25, 0.3) is 5.79 Å². The number of esters is 2. The van der Waals surface area contributed by atoms with Crippen LogP contribution < -0.4 is 5.32 Å². The van der Waals surface area contributed by atoms with Crippen LogP contribution in [0.3, 0.4) is 0 Å². The first-order valence-corrected chi connectivity index (χ1v) is 7.78. The largest absolute Gasteiger partial charge is 0.419 e. The van der Waals surface area contributed by atoms with Crippen molar-refractivity contribution in [3.8, 4) is 0 Å². The number of nitrogens with one attached hydrogen (secondary N) is 1. The molecule has 1 fully saturated rings. The van der Waals surface area contributed by atoms with Crippen molar-refractivity contribution in [2.75, 3.05) is 5.32 Å². The fourth-order valence-corrected chi connectivity index (χ4v) is 3.04. The van der Waals surface area contributed by atoms with Gasteiger partial charge in [-0.2, -0.15) is 0 Å². The molecule has 1 saturated heterocycles. The van der Waals surface area contributed by atoms with Gasteiger partial charge in [0.15, 0.2) is 5.57 Å². The van der Waals surface area contributed by atoms with Gasteiger partial charge in [0.2, 0.25) is 0 Å². The number of anilines is 1. The topological polar surface area (TPSA) is 64.6 Å². The number of cyclic esters (lactones) is 2. The molecule has 0 aromatic heterocycles. The lowest BCUT2D eigenvalue weighted by Crippen LogP contribution is -2.42. The lowest BCUT2D eigenvalue weighted by Gasteiger charge is -2.29. The van der Waals surface area contributed by atoms with Crippen LogP contribution in [0.25, 0.3) is 0 Å². The van der Waals surface area contributed by atoms with Crippen LogP contribution in [-0.4, -0.2) is 17.7 Å². The van der Waals surface area contributed by atoms with E-state index in [0.29, 0.717) is 20.2 Å². The molecule has 1 N–H and O–H groups in total.